The summed E-state index contributed by atoms with van der Waals surface area (Å²) in [5, 5.41) is 16.5. The summed E-state index contributed by atoms with van der Waals surface area (Å²) in [5.41, 5.74) is 3.46. The molecule has 1 fully saturated rings. The lowest BCUT2D eigenvalue weighted by molar-refractivity contribution is 0.0691. The normalized spacial score (nSPS) is 13.1. The zero-order valence-corrected chi connectivity index (χ0v) is 21.0. The maximum absolute atomic E-state index is 11.6. The molecule has 0 unspecified atom stereocenters. The molecular formula is C29H20Cl2N2O4. The highest BCUT2D eigenvalue weighted by Gasteiger charge is 2.33. The molecule has 0 bridgehead atoms. The largest absolute Gasteiger partial charge is 0.489 e. The highest BCUT2D eigenvalue weighted by molar-refractivity contribution is 6.39. The first-order valence-electron chi connectivity index (χ1n) is 11.8. The van der Waals surface area contributed by atoms with Crippen LogP contribution < -0.4 is 4.74 Å². The second-order valence-electron chi connectivity index (χ2n) is 8.94. The summed E-state index contributed by atoms with van der Waals surface area (Å²) in [7, 11) is 0. The van der Waals surface area contributed by atoms with Crippen molar-refractivity contribution >= 4 is 39.9 Å². The van der Waals surface area contributed by atoms with Gasteiger partial charge in [-0.25, -0.2) is 9.78 Å². The lowest BCUT2D eigenvalue weighted by Crippen LogP contribution is -2.02. The van der Waals surface area contributed by atoms with E-state index in [2.05, 4.69) is 10.1 Å². The molecule has 1 aliphatic rings. The third-order valence-corrected chi connectivity index (χ3v) is 7.07. The van der Waals surface area contributed by atoms with Gasteiger partial charge in [-0.1, -0.05) is 58.7 Å². The van der Waals surface area contributed by atoms with Gasteiger partial charge in [0, 0.05) is 22.4 Å². The quantitative estimate of drug-likeness (QED) is 0.229. The Morgan fingerprint density at radius 2 is 1.70 bits per heavy atom. The minimum absolute atomic E-state index is 0.000136. The van der Waals surface area contributed by atoms with Crippen LogP contribution >= 0.6 is 23.2 Å². The Hall–Kier alpha value is -3.87. The SMILES string of the molecule is O=C(O)c1cc2ccccc2c(-c2ccc(OCc3c(-c4c(Cl)cccc4Cl)noc3C3CC3)cc2)n1. The average Bonchev–Trinajstić information content (AvgIpc) is 3.67. The van der Waals surface area contributed by atoms with Crippen molar-refractivity contribution in [1.82, 2.24) is 10.1 Å². The lowest BCUT2D eigenvalue weighted by atomic mass is 10.0. The van der Waals surface area contributed by atoms with Crippen molar-refractivity contribution in [2.45, 2.75) is 25.4 Å². The maximum Gasteiger partial charge on any atom is 0.354 e. The molecule has 1 saturated carbocycles. The van der Waals surface area contributed by atoms with Gasteiger partial charge in [0.25, 0.3) is 0 Å². The van der Waals surface area contributed by atoms with Gasteiger partial charge in [0.15, 0.2) is 0 Å². The van der Waals surface area contributed by atoms with Crippen molar-refractivity contribution in [3.63, 3.8) is 0 Å². The van der Waals surface area contributed by atoms with Crippen molar-refractivity contribution in [1.29, 1.82) is 0 Å². The molecule has 0 saturated heterocycles. The molecule has 0 radical (unpaired) electrons. The molecule has 3 aromatic carbocycles. The van der Waals surface area contributed by atoms with E-state index in [0.29, 0.717) is 38.7 Å². The Kier molecular flexibility index (Phi) is 6.07. The van der Waals surface area contributed by atoms with Crippen LogP contribution in [0.3, 0.4) is 0 Å². The summed E-state index contributed by atoms with van der Waals surface area (Å²) in [4.78, 5) is 16.0. The van der Waals surface area contributed by atoms with Crippen LogP contribution in [0.1, 0.15) is 40.6 Å². The van der Waals surface area contributed by atoms with Crippen molar-refractivity contribution in [3.8, 4) is 28.3 Å². The smallest absolute Gasteiger partial charge is 0.354 e. The monoisotopic (exact) mass is 530 g/mol. The molecule has 6 nitrogen and oxygen atoms in total. The van der Waals surface area contributed by atoms with Crippen molar-refractivity contribution < 1.29 is 19.2 Å². The highest BCUT2D eigenvalue weighted by atomic mass is 35.5. The number of benzene rings is 3. The number of aromatic carboxylic acids is 1. The van der Waals surface area contributed by atoms with Gasteiger partial charge in [-0.3, -0.25) is 0 Å². The molecule has 0 spiro atoms. The molecule has 2 heterocycles. The fourth-order valence-electron chi connectivity index (χ4n) is 4.44. The molecule has 6 rings (SSSR count). The van der Waals surface area contributed by atoms with Crippen LogP contribution in [0, 0.1) is 0 Å². The zero-order chi connectivity index (χ0) is 25.5. The maximum atomic E-state index is 11.6. The Bertz CT molecular complexity index is 1620. The van der Waals surface area contributed by atoms with Gasteiger partial charge in [0.2, 0.25) is 0 Å². The van der Waals surface area contributed by atoms with E-state index in [1.807, 2.05) is 48.5 Å². The lowest BCUT2D eigenvalue weighted by Gasteiger charge is -2.11. The van der Waals surface area contributed by atoms with E-state index < -0.39 is 5.97 Å². The number of aromatic nitrogens is 2. The molecule has 0 aliphatic heterocycles. The fourth-order valence-corrected chi connectivity index (χ4v) is 5.02. The third-order valence-electron chi connectivity index (χ3n) is 6.44. The number of carboxylic acid groups (broad SMARTS) is 1. The Balaban J connectivity index is 1.30. The second-order valence-corrected chi connectivity index (χ2v) is 9.75. The van der Waals surface area contributed by atoms with E-state index in [-0.39, 0.29) is 12.3 Å². The first kappa shape index (κ1) is 23.5. The molecule has 1 aliphatic carbocycles. The van der Waals surface area contributed by atoms with Crippen LogP contribution in [0.15, 0.2) is 77.3 Å². The van der Waals surface area contributed by atoms with Crippen molar-refractivity contribution in [2.75, 3.05) is 0 Å². The predicted molar refractivity (Wildman–Crippen MR) is 142 cm³/mol. The summed E-state index contributed by atoms with van der Waals surface area (Å²) >= 11 is 12.9. The summed E-state index contributed by atoms with van der Waals surface area (Å²) < 4.78 is 11.9. The number of carboxylic acids is 1. The molecule has 1 N–H and O–H groups in total. The Labute approximate surface area is 222 Å². The van der Waals surface area contributed by atoms with E-state index in [9.17, 15) is 9.90 Å². The molecule has 2 aromatic heterocycles. The number of nitrogens with zero attached hydrogens (tertiary/aromatic N) is 2. The number of rotatable bonds is 7. The molecule has 8 heteroatoms. The average molecular weight is 531 g/mol. The fraction of sp³-hybridized carbons (Fsp3) is 0.138. The molecule has 5 aromatic rings. The topological polar surface area (TPSA) is 85.5 Å². The Morgan fingerprint density at radius 1 is 0.973 bits per heavy atom. The predicted octanol–water partition coefficient (Wildman–Crippen LogP) is 8.02. The summed E-state index contributed by atoms with van der Waals surface area (Å²) in [5.74, 6) is 0.705. The molecule has 184 valence electrons. The minimum atomic E-state index is -1.07. The van der Waals surface area contributed by atoms with E-state index in [1.165, 1.54) is 0 Å². The third kappa shape index (κ3) is 4.54. The van der Waals surface area contributed by atoms with E-state index in [4.69, 9.17) is 32.5 Å². The van der Waals surface area contributed by atoms with Crippen molar-refractivity contribution in [3.05, 3.63) is 99.9 Å². The number of ether oxygens (including phenoxy) is 1. The van der Waals surface area contributed by atoms with Gasteiger partial charge in [0.05, 0.1) is 21.3 Å². The first-order chi connectivity index (χ1) is 18.0. The van der Waals surface area contributed by atoms with Gasteiger partial charge in [-0.2, -0.15) is 0 Å². The number of hydrogen-bond acceptors (Lipinski definition) is 5. The summed E-state index contributed by atoms with van der Waals surface area (Å²) in [6.45, 7) is 0.237. The summed E-state index contributed by atoms with van der Waals surface area (Å²) in [6, 6.07) is 21.9. The molecule has 0 amide bonds. The van der Waals surface area contributed by atoms with E-state index >= 15 is 0 Å². The zero-order valence-electron chi connectivity index (χ0n) is 19.4. The second kappa shape index (κ2) is 9.54. The number of fused-ring (bicyclic) bond motifs is 1. The van der Waals surface area contributed by atoms with E-state index in [0.717, 1.165) is 40.5 Å². The van der Waals surface area contributed by atoms with Crippen LogP contribution in [0.25, 0.3) is 33.3 Å². The van der Waals surface area contributed by atoms with Crippen LogP contribution in [0.5, 0.6) is 5.75 Å². The van der Waals surface area contributed by atoms with Crippen molar-refractivity contribution in [2.24, 2.45) is 0 Å². The van der Waals surface area contributed by atoms with Gasteiger partial charge in [0.1, 0.15) is 29.5 Å². The number of hydrogen-bond donors (Lipinski definition) is 1. The number of pyridine rings is 1. The van der Waals surface area contributed by atoms with Crippen LogP contribution in [-0.4, -0.2) is 21.2 Å². The van der Waals surface area contributed by atoms with Crippen LogP contribution in [0.2, 0.25) is 10.0 Å². The minimum Gasteiger partial charge on any atom is -0.489 e. The van der Waals surface area contributed by atoms with Crippen LogP contribution in [0.4, 0.5) is 0 Å². The number of halogens is 2. The van der Waals surface area contributed by atoms with E-state index in [1.54, 1.807) is 24.3 Å². The van der Waals surface area contributed by atoms with Gasteiger partial charge >= 0.3 is 5.97 Å². The number of carbonyl (C=O) groups is 1. The van der Waals surface area contributed by atoms with Gasteiger partial charge in [-0.05, 0) is 60.7 Å². The Morgan fingerprint density at radius 3 is 2.41 bits per heavy atom. The standard InChI is InChI=1S/C29H20Cl2N2O4/c30-22-6-3-7-23(31)25(22)27-21(28(37-33-27)17-8-9-17)15-36-19-12-10-16(11-13-19)26-20-5-2-1-4-18(20)14-24(32-26)29(34)35/h1-7,10-14,17H,8-9,15H2,(H,34,35). The first-order valence-corrected chi connectivity index (χ1v) is 12.5. The molecule has 0 atom stereocenters. The molecule has 37 heavy (non-hydrogen) atoms. The summed E-state index contributed by atoms with van der Waals surface area (Å²) in [6.07, 6.45) is 2.09. The highest BCUT2D eigenvalue weighted by Crippen LogP contribution is 2.46. The van der Waals surface area contributed by atoms with Gasteiger partial charge in [-0.15, -0.1) is 0 Å². The molecular weight excluding hydrogens is 511 g/mol. The van der Waals surface area contributed by atoms with Gasteiger partial charge < -0.3 is 14.4 Å². The van der Waals surface area contributed by atoms with Crippen LogP contribution in [-0.2, 0) is 6.61 Å².